The van der Waals surface area contributed by atoms with Gasteiger partial charge in [0.2, 0.25) is 0 Å². The van der Waals surface area contributed by atoms with Crippen molar-refractivity contribution in [2.24, 2.45) is 0 Å². The summed E-state index contributed by atoms with van der Waals surface area (Å²) in [5, 5.41) is 5.61. The number of nitrogens with one attached hydrogen (secondary N) is 1. The Hall–Kier alpha value is -1.00. The van der Waals surface area contributed by atoms with Gasteiger partial charge in [-0.3, -0.25) is 5.10 Å². The molecule has 1 heterocycles. The molecule has 1 aromatic rings. The molecule has 0 spiro atoms. The maximum Gasteiger partial charge on any atom is 0.435 e. The maximum atomic E-state index is 12.3. The number of aromatic nitrogens is 2. The molecular formula is C8H11F3N2. The van der Waals surface area contributed by atoms with E-state index in [0.29, 0.717) is 5.69 Å². The van der Waals surface area contributed by atoms with Crippen molar-refractivity contribution in [3.05, 3.63) is 17.0 Å². The first-order valence-corrected chi connectivity index (χ1v) is 3.96. The summed E-state index contributed by atoms with van der Waals surface area (Å²) in [6.07, 6.45) is -4.36. The summed E-state index contributed by atoms with van der Waals surface area (Å²) in [5.74, 6) is -0.171. The van der Waals surface area contributed by atoms with Crippen LogP contribution in [0.2, 0.25) is 0 Å². The van der Waals surface area contributed by atoms with Gasteiger partial charge in [0.05, 0.1) is 0 Å². The molecule has 0 saturated heterocycles. The van der Waals surface area contributed by atoms with Gasteiger partial charge in [-0.25, -0.2) is 0 Å². The highest BCUT2D eigenvalue weighted by Crippen LogP contribution is 2.34. The van der Waals surface area contributed by atoms with Gasteiger partial charge in [0, 0.05) is 11.3 Å². The lowest BCUT2D eigenvalue weighted by Crippen LogP contribution is -2.09. The van der Waals surface area contributed by atoms with Crippen LogP contribution in [0.15, 0.2) is 0 Å². The van der Waals surface area contributed by atoms with E-state index in [1.54, 1.807) is 20.8 Å². The number of hydrogen-bond donors (Lipinski definition) is 1. The van der Waals surface area contributed by atoms with Crippen molar-refractivity contribution in [3.8, 4) is 0 Å². The molecule has 0 unspecified atom stereocenters. The van der Waals surface area contributed by atoms with Crippen LogP contribution in [-0.2, 0) is 6.18 Å². The van der Waals surface area contributed by atoms with Gasteiger partial charge >= 0.3 is 6.18 Å². The molecule has 1 aromatic heterocycles. The minimum absolute atomic E-state index is 0.171. The Balaban J connectivity index is 3.23. The van der Waals surface area contributed by atoms with Crippen LogP contribution >= 0.6 is 0 Å². The third-order valence-electron chi connectivity index (χ3n) is 1.84. The summed E-state index contributed by atoms with van der Waals surface area (Å²) in [7, 11) is 0. The number of aromatic amines is 1. The van der Waals surface area contributed by atoms with Crippen molar-refractivity contribution in [3.63, 3.8) is 0 Å². The molecule has 13 heavy (non-hydrogen) atoms. The molecule has 0 aliphatic heterocycles. The van der Waals surface area contributed by atoms with Gasteiger partial charge in [0.15, 0.2) is 5.69 Å². The molecule has 1 rings (SSSR count). The fourth-order valence-electron chi connectivity index (χ4n) is 1.36. The largest absolute Gasteiger partial charge is 0.435 e. The van der Waals surface area contributed by atoms with Crippen LogP contribution in [0.4, 0.5) is 13.2 Å². The Labute approximate surface area is 74.1 Å². The van der Waals surface area contributed by atoms with Gasteiger partial charge < -0.3 is 0 Å². The van der Waals surface area contributed by atoms with Crippen LogP contribution in [-0.4, -0.2) is 10.2 Å². The van der Waals surface area contributed by atoms with Crippen molar-refractivity contribution in [1.82, 2.24) is 10.2 Å². The third kappa shape index (κ3) is 1.84. The van der Waals surface area contributed by atoms with E-state index < -0.39 is 11.9 Å². The van der Waals surface area contributed by atoms with Crippen molar-refractivity contribution in [2.75, 3.05) is 0 Å². The molecule has 0 fully saturated rings. The fraction of sp³-hybridized carbons (Fsp3) is 0.625. The third-order valence-corrected chi connectivity index (χ3v) is 1.84. The minimum Gasteiger partial charge on any atom is -0.282 e. The van der Waals surface area contributed by atoms with E-state index >= 15 is 0 Å². The standard InChI is InChI=1S/C8H11F3N2/c1-4(2)6-5(3)12-13-7(6)8(9,10)11/h4H,1-3H3,(H,12,13). The van der Waals surface area contributed by atoms with E-state index in [9.17, 15) is 13.2 Å². The van der Waals surface area contributed by atoms with Gasteiger partial charge in [-0.15, -0.1) is 0 Å². The zero-order chi connectivity index (χ0) is 10.2. The van der Waals surface area contributed by atoms with Crippen LogP contribution in [0.5, 0.6) is 0 Å². The molecule has 0 aromatic carbocycles. The van der Waals surface area contributed by atoms with E-state index in [4.69, 9.17) is 0 Å². The molecule has 2 nitrogen and oxygen atoms in total. The highest BCUT2D eigenvalue weighted by atomic mass is 19.4. The summed E-state index contributed by atoms with van der Waals surface area (Å²) >= 11 is 0. The number of alkyl halides is 3. The Kier molecular flexibility index (Phi) is 2.36. The summed E-state index contributed by atoms with van der Waals surface area (Å²) in [4.78, 5) is 0. The van der Waals surface area contributed by atoms with Crippen LogP contribution in [0.25, 0.3) is 0 Å². The maximum absolute atomic E-state index is 12.3. The summed E-state index contributed by atoms with van der Waals surface area (Å²) in [5.41, 5.74) is -0.0465. The van der Waals surface area contributed by atoms with Gasteiger partial charge in [-0.05, 0) is 12.8 Å². The van der Waals surface area contributed by atoms with Crippen molar-refractivity contribution < 1.29 is 13.2 Å². The quantitative estimate of drug-likeness (QED) is 0.728. The van der Waals surface area contributed by atoms with E-state index in [2.05, 4.69) is 10.2 Å². The molecule has 0 saturated carbocycles. The van der Waals surface area contributed by atoms with Crippen LogP contribution in [0.1, 0.15) is 36.7 Å². The predicted octanol–water partition coefficient (Wildman–Crippen LogP) is 2.86. The van der Waals surface area contributed by atoms with Gasteiger partial charge in [-0.2, -0.15) is 18.3 Å². The lowest BCUT2D eigenvalue weighted by Gasteiger charge is -2.09. The average Bonchev–Trinajstić information content (AvgIpc) is 2.28. The van der Waals surface area contributed by atoms with Gasteiger partial charge in [0.25, 0.3) is 0 Å². The van der Waals surface area contributed by atoms with Crippen LogP contribution in [0.3, 0.4) is 0 Å². The zero-order valence-corrected chi connectivity index (χ0v) is 7.66. The molecule has 0 bridgehead atoms. The van der Waals surface area contributed by atoms with E-state index in [0.717, 1.165) is 0 Å². The number of rotatable bonds is 1. The Bertz CT molecular complexity index is 299. The highest BCUT2D eigenvalue weighted by Gasteiger charge is 2.37. The number of hydrogen-bond acceptors (Lipinski definition) is 1. The highest BCUT2D eigenvalue weighted by molar-refractivity contribution is 5.29. The second kappa shape index (κ2) is 3.05. The number of H-pyrrole nitrogens is 1. The monoisotopic (exact) mass is 192 g/mol. The Morgan fingerprint density at radius 2 is 1.85 bits per heavy atom. The first-order valence-electron chi connectivity index (χ1n) is 3.96. The van der Waals surface area contributed by atoms with E-state index in [1.165, 1.54) is 0 Å². The fourth-order valence-corrected chi connectivity index (χ4v) is 1.36. The second-order valence-corrected chi connectivity index (χ2v) is 3.26. The van der Waals surface area contributed by atoms with Crippen molar-refractivity contribution in [2.45, 2.75) is 32.9 Å². The van der Waals surface area contributed by atoms with Crippen molar-refractivity contribution >= 4 is 0 Å². The second-order valence-electron chi connectivity index (χ2n) is 3.26. The summed E-state index contributed by atoms with van der Waals surface area (Å²) in [6.45, 7) is 5.03. The van der Waals surface area contributed by atoms with Gasteiger partial charge in [0.1, 0.15) is 0 Å². The SMILES string of the molecule is Cc1[nH]nc(C(F)(F)F)c1C(C)C. The zero-order valence-electron chi connectivity index (χ0n) is 7.66. The molecule has 74 valence electrons. The molecular weight excluding hydrogens is 181 g/mol. The molecule has 5 heteroatoms. The molecule has 0 radical (unpaired) electrons. The molecule has 1 N–H and O–H groups in total. The smallest absolute Gasteiger partial charge is 0.282 e. The molecule has 0 atom stereocenters. The lowest BCUT2D eigenvalue weighted by molar-refractivity contribution is -0.141. The lowest BCUT2D eigenvalue weighted by atomic mass is 10.0. The summed E-state index contributed by atoms with van der Waals surface area (Å²) < 4.78 is 37.0. The topological polar surface area (TPSA) is 28.7 Å². The first-order chi connectivity index (χ1) is 5.84. The van der Waals surface area contributed by atoms with Crippen molar-refractivity contribution in [1.29, 1.82) is 0 Å². The van der Waals surface area contributed by atoms with Gasteiger partial charge in [-0.1, -0.05) is 13.8 Å². The van der Waals surface area contributed by atoms with E-state index in [1.807, 2.05) is 0 Å². The number of nitrogens with zero attached hydrogens (tertiary/aromatic N) is 1. The predicted molar refractivity (Wildman–Crippen MR) is 42.4 cm³/mol. The molecule has 0 amide bonds. The normalized spacial score (nSPS) is 12.5. The first kappa shape index (κ1) is 10.1. The Morgan fingerprint density at radius 1 is 1.31 bits per heavy atom. The summed E-state index contributed by atoms with van der Waals surface area (Å²) in [6, 6.07) is 0. The Morgan fingerprint density at radius 3 is 2.15 bits per heavy atom. The number of aryl methyl sites for hydroxylation is 1. The van der Waals surface area contributed by atoms with Crippen LogP contribution in [0, 0.1) is 6.92 Å². The molecule has 0 aliphatic rings. The minimum atomic E-state index is -4.36. The molecule has 0 aliphatic carbocycles. The van der Waals surface area contributed by atoms with E-state index in [-0.39, 0.29) is 11.5 Å². The van der Waals surface area contributed by atoms with Crippen LogP contribution < -0.4 is 0 Å². The number of halogens is 3. The average molecular weight is 192 g/mol.